The van der Waals surface area contributed by atoms with E-state index < -0.39 is 7.82 Å². The first-order chi connectivity index (χ1) is 10.7. The summed E-state index contributed by atoms with van der Waals surface area (Å²) in [6.07, 6.45) is 0. The Morgan fingerprint density at radius 3 is 2.30 bits per heavy atom. The lowest BCUT2D eigenvalue weighted by atomic mass is 10.1. The Bertz CT molecular complexity index is 851. The predicted octanol–water partition coefficient (Wildman–Crippen LogP) is 4.03. The van der Waals surface area contributed by atoms with Gasteiger partial charge in [-0.15, -0.1) is 0 Å². The maximum absolute atomic E-state index is 9.97. The van der Waals surface area contributed by atoms with Gasteiger partial charge in [0.15, 0.2) is 0 Å². The molecule has 0 atom stereocenters. The number of aromatic amines is 1. The van der Waals surface area contributed by atoms with E-state index in [1.54, 1.807) is 12.1 Å². The molecule has 0 fully saturated rings. The van der Waals surface area contributed by atoms with E-state index in [-0.39, 0.29) is 5.75 Å². The number of fused-ring (bicyclic) bond motifs is 1. The summed E-state index contributed by atoms with van der Waals surface area (Å²) in [5, 5.41) is 11.6. The molecule has 5 N–H and O–H groups in total. The monoisotopic (exact) mass is 419 g/mol. The topological polar surface area (TPSA) is 114 Å². The van der Waals surface area contributed by atoms with Crippen LogP contribution in [-0.4, -0.2) is 24.8 Å². The second-order valence-corrected chi connectivity index (χ2v) is 6.80. The highest BCUT2D eigenvalue weighted by Gasteiger charge is 2.14. The second kappa shape index (κ2) is 7.05. The summed E-state index contributed by atoms with van der Waals surface area (Å²) in [5.74, 6) is 0.162. The molecule has 0 unspecified atom stereocenters. The van der Waals surface area contributed by atoms with Crippen molar-refractivity contribution in [3.05, 3.63) is 52.0 Å². The summed E-state index contributed by atoms with van der Waals surface area (Å²) in [7, 11) is -4.64. The fourth-order valence-electron chi connectivity index (χ4n) is 2.00. The molecule has 2 aromatic carbocycles. The van der Waals surface area contributed by atoms with Gasteiger partial charge in [0, 0.05) is 15.4 Å². The third kappa shape index (κ3) is 4.81. The van der Waals surface area contributed by atoms with Crippen LogP contribution in [0.15, 0.2) is 46.9 Å². The van der Waals surface area contributed by atoms with Gasteiger partial charge in [-0.3, -0.25) is 0 Å². The number of phenolic OH excluding ortho intramolecular Hbond substituents is 1. The van der Waals surface area contributed by atoms with Crippen molar-refractivity contribution in [3.63, 3.8) is 0 Å². The maximum atomic E-state index is 9.97. The lowest BCUT2D eigenvalue weighted by Crippen LogP contribution is -1.82. The SMILES string of the molecule is O=P(O)(O)O.Oc1ccc(Br)c(Cl)c1-c1cc2ccccc2[nH]1. The van der Waals surface area contributed by atoms with Gasteiger partial charge in [-0.1, -0.05) is 29.8 Å². The highest BCUT2D eigenvalue weighted by atomic mass is 79.9. The molecular formula is C14H12BrClNO5P. The van der Waals surface area contributed by atoms with Gasteiger partial charge in [0.05, 0.1) is 16.3 Å². The first-order valence-electron chi connectivity index (χ1n) is 6.20. The molecule has 3 rings (SSSR count). The number of benzene rings is 2. The molecule has 23 heavy (non-hydrogen) atoms. The zero-order valence-corrected chi connectivity index (χ0v) is 14.7. The number of halogens is 2. The Labute approximate surface area is 144 Å². The average molecular weight is 421 g/mol. The zero-order chi connectivity index (χ0) is 17.2. The summed E-state index contributed by atoms with van der Waals surface area (Å²) >= 11 is 9.60. The predicted molar refractivity (Wildman–Crippen MR) is 92.4 cm³/mol. The number of H-pyrrole nitrogens is 1. The molecule has 0 saturated carbocycles. The number of hydrogen-bond donors (Lipinski definition) is 5. The minimum Gasteiger partial charge on any atom is -0.507 e. The minimum absolute atomic E-state index is 0.162. The molecule has 122 valence electrons. The van der Waals surface area contributed by atoms with Gasteiger partial charge >= 0.3 is 7.82 Å². The summed E-state index contributed by atoms with van der Waals surface area (Å²) in [5.41, 5.74) is 2.44. The summed E-state index contributed by atoms with van der Waals surface area (Å²) in [4.78, 5) is 24.8. The number of phosphoric acid groups is 1. The lowest BCUT2D eigenvalue weighted by molar-refractivity contribution is 0.275. The Morgan fingerprint density at radius 1 is 1.09 bits per heavy atom. The molecule has 0 saturated heterocycles. The number of hydrogen-bond acceptors (Lipinski definition) is 2. The van der Waals surface area contributed by atoms with Crippen molar-refractivity contribution in [2.45, 2.75) is 0 Å². The van der Waals surface area contributed by atoms with Crippen LogP contribution < -0.4 is 0 Å². The van der Waals surface area contributed by atoms with Crippen molar-refractivity contribution < 1.29 is 24.4 Å². The van der Waals surface area contributed by atoms with E-state index >= 15 is 0 Å². The zero-order valence-electron chi connectivity index (χ0n) is 11.4. The minimum atomic E-state index is -4.64. The average Bonchev–Trinajstić information content (AvgIpc) is 2.85. The lowest BCUT2D eigenvalue weighted by Gasteiger charge is -2.06. The van der Waals surface area contributed by atoms with E-state index in [4.69, 9.17) is 30.8 Å². The smallest absolute Gasteiger partial charge is 0.466 e. The van der Waals surface area contributed by atoms with Crippen molar-refractivity contribution in [3.8, 4) is 17.0 Å². The van der Waals surface area contributed by atoms with Gasteiger partial charge in [-0.05, 0) is 40.2 Å². The Balaban J connectivity index is 0.000000338. The second-order valence-electron chi connectivity index (χ2n) is 4.54. The molecule has 0 radical (unpaired) electrons. The van der Waals surface area contributed by atoms with Crippen LogP contribution in [0.4, 0.5) is 0 Å². The Hall–Kier alpha value is -1.34. The van der Waals surface area contributed by atoms with Gasteiger partial charge in [0.1, 0.15) is 5.75 Å². The van der Waals surface area contributed by atoms with E-state index in [9.17, 15) is 5.11 Å². The van der Waals surface area contributed by atoms with Crippen LogP contribution in [0.3, 0.4) is 0 Å². The maximum Gasteiger partial charge on any atom is 0.466 e. The quantitative estimate of drug-likeness (QED) is 0.382. The molecule has 1 aromatic heterocycles. The number of para-hydroxylation sites is 1. The van der Waals surface area contributed by atoms with Crippen LogP contribution >= 0.6 is 35.4 Å². The van der Waals surface area contributed by atoms with Crippen molar-refractivity contribution in [2.75, 3.05) is 0 Å². The van der Waals surface area contributed by atoms with E-state index in [0.29, 0.717) is 10.6 Å². The summed E-state index contributed by atoms with van der Waals surface area (Å²) in [6.45, 7) is 0. The van der Waals surface area contributed by atoms with E-state index in [1.165, 1.54) is 0 Å². The van der Waals surface area contributed by atoms with Crippen LogP contribution in [0.25, 0.3) is 22.2 Å². The van der Waals surface area contributed by atoms with Gasteiger partial charge in [0.25, 0.3) is 0 Å². The fraction of sp³-hybridized carbons (Fsp3) is 0. The molecule has 0 aliphatic carbocycles. The highest BCUT2D eigenvalue weighted by molar-refractivity contribution is 9.10. The van der Waals surface area contributed by atoms with Crippen LogP contribution in [0.1, 0.15) is 0 Å². The van der Waals surface area contributed by atoms with Crippen molar-refractivity contribution in [1.29, 1.82) is 0 Å². The van der Waals surface area contributed by atoms with Crippen molar-refractivity contribution >= 4 is 46.3 Å². The van der Waals surface area contributed by atoms with Crippen LogP contribution in [0.5, 0.6) is 5.75 Å². The first-order valence-corrected chi connectivity index (χ1v) is 8.94. The van der Waals surface area contributed by atoms with Crippen molar-refractivity contribution in [2.24, 2.45) is 0 Å². The summed E-state index contributed by atoms with van der Waals surface area (Å²) in [6, 6.07) is 13.3. The normalized spacial score (nSPS) is 11.2. The molecule has 0 aliphatic heterocycles. The molecule has 0 bridgehead atoms. The number of aromatic nitrogens is 1. The van der Waals surface area contributed by atoms with E-state index in [0.717, 1.165) is 21.1 Å². The van der Waals surface area contributed by atoms with Crippen LogP contribution in [0, 0.1) is 0 Å². The highest BCUT2D eigenvalue weighted by Crippen LogP contribution is 2.40. The fourth-order valence-corrected chi connectivity index (χ4v) is 2.60. The molecular weight excluding hydrogens is 408 g/mol. The third-order valence-corrected chi connectivity index (χ3v) is 4.15. The molecule has 1 heterocycles. The number of rotatable bonds is 1. The Morgan fingerprint density at radius 2 is 1.70 bits per heavy atom. The number of nitrogens with one attached hydrogen (secondary N) is 1. The molecule has 0 amide bonds. The first kappa shape index (κ1) is 18.0. The molecule has 3 aromatic rings. The number of aromatic hydroxyl groups is 1. The van der Waals surface area contributed by atoms with Crippen molar-refractivity contribution in [1.82, 2.24) is 4.98 Å². The van der Waals surface area contributed by atoms with Gasteiger partial charge in [0.2, 0.25) is 0 Å². The molecule has 0 aliphatic rings. The molecule has 6 nitrogen and oxygen atoms in total. The molecule has 0 spiro atoms. The number of phenols is 1. The largest absolute Gasteiger partial charge is 0.507 e. The van der Waals surface area contributed by atoms with E-state index in [1.807, 2.05) is 30.3 Å². The standard InChI is InChI=1S/C14H9BrClNO.H3O4P/c15-9-5-6-12(18)13(14(9)16)11-7-8-3-1-2-4-10(8)17-11;1-5(2,3)4/h1-7,17-18H;(H3,1,2,3,4). The van der Waals surface area contributed by atoms with Gasteiger partial charge < -0.3 is 24.8 Å². The van der Waals surface area contributed by atoms with Crippen LogP contribution in [0.2, 0.25) is 5.02 Å². The van der Waals surface area contributed by atoms with Gasteiger partial charge in [-0.25, -0.2) is 4.57 Å². The van der Waals surface area contributed by atoms with Crippen LogP contribution in [-0.2, 0) is 4.57 Å². The third-order valence-electron chi connectivity index (χ3n) is 2.87. The summed E-state index contributed by atoms with van der Waals surface area (Å²) < 4.78 is 9.64. The Kier molecular flexibility index (Phi) is 5.52. The van der Waals surface area contributed by atoms with E-state index in [2.05, 4.69) is 20.9 Å². The molecule has 9 heteroatoms. The van der Waals surface area contributed by atoms with Gasteiger partial charge in [-0.2, -0.15) is 0 Å².